The van der Waals surface area contributed by atoms with Crippen molar-refractivity contribution in [2.75, 3.05) is 0 Å². The molecule has 5 heteroatoms. The molecule has 0 fully saturated rings. The first-order valence-corrected chi connectivity index (χ1v) is 17.3. The molecule has 0 saturated carbocycles. The Hall–Kier alpha value is -5.16. The van der Waals surface area contributed by atoms with Crippen LogP contribution in [0.3, 0.4) is 0 Å². The number of hydrogen-bond donors (Lipinski definition) is 0. The molecule has 7 rings (SSSR count). The highest BCUT2D eigenvalue weighted by Gasteiger charge is 2.17. The zero-order chi connectivity index (χ0) is 33.2. The molecule has 0 atom stereocenters. The fraction of sp³-hybridized carbons (Fsp3) is 0.256. The van der Waals surface area contributed by atoms with Crippen molar-refractivity contribution < 1.29 is 4.74 Å². The van der Waals surface area contributed by atoms with Crippen molar-refractivity contribution >= 4 is 21.8 Å². The number of aromatic nitrogens is 4. The van der Waals surface area contributed by atoms with E-state index >= 15 is 0 Å². The van der Waals surface area contributed by atoms with Crippen LogP contribution in [0.4, 0.5) is 0 Å². The molecule has 0 aliphatic rings. The van der Waals surface area contributed by atoms with E-state index in [4.69, 9.17) is 14.8 Å². The minimum absolute atomic E-state index is 0.669. The van der Waals surface area contributed by atoms with Crippen molar-refractivity contribution in [1.82, 2.24) is 19.3 Å². The quantitative estimate of drug-likeness (QED) is 0.143. The minimum atomic E-state index is 0.669. The van der Waals surface area contributed by atoms with Crippen molar-refractivity contribution in [2.45, 2.75) is 66.7 Å². The van der Waals surface area contributed by atoms with Crippen LogP contribution < -0.4 is 4.74 Å². The summed E-state index contributed by atoms with van der Waals surface area (Å²) in [5.41, 5.74) is 10.3. The van der Waals surface area contributed by atoms with Gasteiger partial charge in [-0.15, -0.1) is 0 Å². The largest absolute Gasteiger partial charge is 0.457 e. The number of hydrogen-bond acceptors (Lipinski definition) is 3. The zero-order valence-corrected chi connectivity index (χ0v) is 28.7. The number of nitrogens with zero attached hydrogens (tertiary/aromatic N) is 4. The van der Waals surface area contributed by atoms with Gasteiger partial charge in [-0.1, -0.05) is 69.7 Å². The number of rotatable bonds is 11. The summed E-state index contributed by atoms with van der Waals surface area (Å²) in [5, 5.41) is 7.37. The van der Waals surface area contributed by atoms with Gasteiger partial charge in [-0.25, -0.2) is 9.67 Å². The highest BCUT2D eigenvalue weighted by Crippen LogP contribution is 2.37. The Balaban J connectivity index is 1.28. The van der Waals surface area contributed by atoms with Gasteiger partial charge in [0.15, 0.2) is 0 Å². The molecule has 0 aliphatic heterocycles. The highest BCUT2D eigenvalue weighted by atomic mass is 16.5. The van der Waals surface area contributed by atoms with E-state index in [0.717, 1.165) is 64.7 Å². The standard InChI is InChI=1S/C43H44N4O/c1-6-7-12-32-23-24-44-42(26-32)46-40-22-19-33(18-17-29(2)3)25-39(40)38-21-20-37(28-41(38)46)48-36-16-11-15-35(27-36)47-31(5)43(30(4)45-47)34-13-9-8-10-14-34/h8-11,13-16,19-29H,6-7,12,17-18H2,1-5H3. The van der Waals surface area contributed by atoms with Crippen LogP contribution in [0.2, 0.25) is 0 Å². The molecule has 0 amide bonds. The molecule has 0 saturated heterocycles. The lowest BCUT2D eigenvalue weighted by atomic mass is 10.0. The van der Waals surface area contributed by atoms with Gasteiger partial charge in [0, 0.05) is 40.4 Å². The second-order valence-electron chi connectivity index (χ2n) is 13.3. The van der Waals surface area contributed by atoms with Gasteiger partial charge in [-0.3, -0.25) is 4.57 Å². The molecule has 0 aliphatic carbocycles. The Morgan fingerprint density at radius 3 is 2.35 bits per heavy atom. The van der Waals surface area contributed by atoms with Gasteiger partial charge in [-0.05, 0) is 111 Å². The first-order valence-electron chi connectivity index (χ1n) is 17.3. The number of benzene rings is 4. The van der Waals surface area contributed by atoms with Gasteiger partial charge in [0.25, 0.3) is 0 Å². The first kappa shape index (κ1) is 31.4. The smallest absolute Gasteiger partial charge is 0.137 e. The van der Waals surface area contributed by atoms with E-state index in [-0.39, 0.29) is 0 Å². The Bertz CT molecular complexity index is 2210. The summed E-state index contributed by atoms with van der Waals surface area (Å²) >= 11 is 0. The fourth-order valence-electron chi connectivity index (χ4n) is 6.82. The van der Waals surface area contributed by atoms with Gasteiger partial charge in [0.05, 0.1) is 22.4 Å². The minimum Gasteiger partial charge on any atom is -0.457 e. The molecule has 7 aromatic rings. The monoisotopic (exact) mass is 632 g/mol. The number of fused-ring (bicyclic) bond motifs is 3. The number of unbranched alkanes of at least 4 members (excludes halogenated alkanes) is 1. The summed E-state index contributed by atoms with van der Waals surface area (Å²) in [4.78, 5) is 4.88. The number of ether oxygens (including phenoxy) is 1. The topological polar surface area (TPSA) is 44.9 Å². The maximum absolute atomic E-state index is 6.59. The lowest BCUT2D eigenvalue weighted by Gasteiger charge is -2.11. The van der Waals surface area contributed by atoms with Gasteiger partial charge in [0.2, 0.25) is 0 Å². The molecule has 5 nitrogen and oxygen atoms in total. The fourth-order valence-corrected chi connectivity index (χ4v) is 6.82. The van der Waals surface area contributed by atoms with Crippen LogP contribution in [0.15, 0.2) is 109 Å². The van der Waals surface area contributed by atoms with E-state index in [1.165, 1.54) is 45.9 Å². The lowest BCUT2D eigenvalue weighted by Crippen LogP contribution is -2.00. The van der Waals surface area contributed by atoms with E-state index in [0.29, 0.717) is 5.92 Å². The van der Waals surface area contributed by atoms with Crippen LogP contribution in [0.5, 0.6) is 11.5 Å². The average molecular weight is 633 g/mol. The Kier molecular flexibility index (Phi) is 8.86. The molecule has 0 radical (unpaired) electrons. The third kappa shape index (κ3) is 6.25. The molecule has 0 N–H and O–H groups in total. The van der Waals surface area contributed by atoms with Crippen molar-refractivity contribution in [1.29, 1.82) is 0 Å². The third-order valence-corrected chi connectivity index (χ3v) is 9.32. The Labute approximate surface area is 283 Å². The molecule has 242 valence electrons. The summed E-state index contributed by atoms with van der Waals surface area (Å²) < 4.78 is 10.9. The average Bonchev–Trinajstić information content (AvgIpc) is 3.59. The van der Waals surface area contributed by atoms with E-state index in [1.807, 2.05) is 29.1 Å². The maximum Gasteiger partial charge on any atom is 0.137 e. The molecule has 0 unspecified atom stereocenters. The Morgan fingerprint density at radius 2 is 1.54 bits per heavy atom. The molecule has 3 aromatic heterocycles. The molecule has 4 aromatic carbocycles. The second-order valence-corrected chi connectivity index (χ2v) is 13.3. The van der Waals surface area contributed by atoms with Gasteiger partial charge < -0.3 is 4.74 Å². The van der Waals surface area contributed by atoms with Crippen molar-refractivity contribution in [3.8, 4) is 34.1 Å². The van der Waals surface area contributed by atoms with Crippen molar-refractivity contribution in [3.05, 3.63) is 132 Å². The van der Waals surface area contributed by atoms with Crippen LogP contribution in [0.25, 0.3) is 44.4 Å². The lowest BCUT2D eigenvalue weighted by molar-refractivity contribution is 0.482. The third-order valence-electron chi connectivity index (χ3n) is 9.32. The predicted molar refractivity (Wildman–Crippen MR) is 199 cm³/mol. The molecule has 0 spiro atoms. The number of aryl methyl sites for hydroxylation is 3. The van der Waals surface area contributed by atoms with Crippen LogP contribution >= 0.6 is 0 Å². The first-order chi connectivity index (χ1) is 23.4. The normalized spacial score (nSPS) is 11.6. The summed E-state index contributed by atoms with van der Waals surface area (Å²) in [6, 6.07) is 36.4. The molecule has 0 bridgehead atoms. The van der Waals surface area contributed by atoms with Gasteiger partial charge in [0.1, 0.15) is 17.3 Å². The summed E-state index contributed by atoms with van der Waals surface area (Å²) in [6.07, 6.45) is 7.58. The van der Waals surface area contributed by atoms with Crippen LogP contribution in [0.1, 0.15) is 62.5 Å². The van der Waals surface area contributed by atoms with Crippen LogP contribution in [0, 0.1) is 19.8 Å². The highest BCUT2D eigenvalue weighted by molar-refractivity contribution is 6.09. The van der Waals surface area contributed by atoms with Gasteiger partial charge >= 0.3 is 0 Å². The van der Waals surface area contributed by atoms with E-state index in [9.17, 15) is 0 Å². The van der Waals surface area contributed by atoms with E-state index in [1.54, 1.807) is 0 Å². The molecule has 3 heterocycles. The maximum atomic E-state index is 6.59. The van der Waals surface area contributed by atoms with Crippen LogP contribution in [-0.2, 0) is 12.8 Å². The second kappa shape index (κ2) is 13.5. The summed E-state index contributed by atoms with van der Waals surface area (Å²) in [6.45, 7) is 11.0. The SMILES string of the molecule is CCCCc1ccnc(-n2c3ccc(CCC(C)C)cc3c3ccc(Oc4cccc(-n5nc(C)c(-c6ccccc6)c5C)c4)cc32)c1. The van der Waals surface area contributed by atoms with Crippen LogP contribution in [-0.4, -0.2) is 19.3 Å². The summed E-state index contributed by atoms with van der Waals surface area (Å²) in [7, 11) is 0. The molecular weight excluding hydrogens is 589 g/mol. The molecular formula is C43H44N4O. The number of pyridine rings is 1. The van der Waals surface area contributed by atoms with Crippen molar-refractivity contribution in [3.63, 3.8) is 0 Å². The van der Waals surface area contributed by atoms with E-state index < -0.39 is 0 Å². The Morgan fingerprint density at radius 1 is 0.729 bits per heavy atom. The zero-order valence-electron chi connectivity index (χ0n) is 28.7. The predicted octanol–water partition coefficient (Wildman–Crippen LogP) is 11.4. The van der Waals surface area contributed by atoms with E-state index in [2.05, 4.69) is 124 Å². The van der Waals surface area contributed by atoms with Gasteiger partial charge in [-0.2, -0.15) is 5.10 Å². The molecule has 48 heavy (non-hydrogen) atoms. The van der Waals surface area contributed by atoms with Crippen molar-refractivity contribution in [2.24, 2.45) is 5.92 Å². The summed E-state index contributed by atoms with van der Waals surface area (Å²) in [5.74, 6) is 3.15.